The first-order chi connectivity index (χ1) is 6.56. The molecule has 78 valence electrons. The van der Waals surface area contributed by atoms with E-state index in [0.29, 0.717) is 6.54 Å². The summed E-state index contributed by atoms with van der Waals surface area (Å²) in [5, 5.41) is 13.5. The maximum Gasteiger partial charge on any atom is 0.0917 e. The van der Waals surface area contributed by atoms with Gasteiger partial charge in [0.1, 0.15) is 0 Å². The molecule has 1 aromatic rings. The number of aryl methyl sites for hydroxylation is 1. The summed E-state index contributed by atoms with van der Waals surface area (Å²) in [5.41, 5.74) is 2.94. The van der Waals surface area contributed by atoms with E-state index in [9.17, 15) is 5.11 Å². The van der Waals surface area contributed by atoms with E-state index in [-0.39, 0.29) is 0 Å². The summed E-state index contributed by atoms with van der Waals surface area (Å²) in [6.45, 7) is 4.44. The molecule has 1 aromatic carbocycles. The van der Waals surface area contributed by atoms with Crippen LogP contribution in [0, 0.1) is 13.8 Å². The first-order valence-electron chi connectivity index (χ1n) is 4.65. The number of aliphatic hydroxyl groups excluding tert-OH is 1. The zero-order valence-corrected chi connectivity index (χ0v) is 9.52. The van der Waals surface area contributed by atoms with Gasteiger partial charge in [0, 0.05) is 11.6 Å². The summed E-state index contributed by atoms with van der Waals surface area (Å²) in [5.74, 6) is 0. The van der Waals surface area contributed by atoms with Crippen LogP contribution in [0.25, 0.3) is 0 Å². The summed E-state index contributed by atoms with van der Waals surface area (Å²) < 4.78 is 0. The summed E-state index contributed by atoms with van der Waals surface area (Å²) in [4.78, 5) is 0. The van der Waals surface area contributed by atoms with Gasteiger partial charge in [-0.3, -0.25) is 0 Å². The number of rotatable bonds is 3. The first kappa shape index (κ1) is 11.5. The quantitative estimate of drug-likeness (QED) is 0.807. The molecule has 0 aliphatic carbocycles. The van der Waals surface area contributed by atoms with E-state index in [0.717, 1.165) is 21.7 Å². The average Bonchev–Trinajstić information content (AvgIpc) is 2.11. The van der Waals surface area contributed by atoms with Gasteiger partial charge < -0.3 is 10.4 Å². The Kier molecular flexibility index (Phi) is 3.93. The topological polar surface area (TPSA) is 32.3 Å². The standard InChI is InChI=1S/C11H16ClNO/c1-7-4-9(11(14)6-13-3)8(2)10(12)5-7/h4-5,11,13-14H,6H2,1-3H3. The Morgan fingerprint density at radius 1 is 1.43 bits per heavy atom. The highest BCUT2D eigenvalue weighted by molar-refractivity contribution is 6.31. The Morgan fingerprint density at radius 3 is 2.64 bits per heavy atom. The first-order valence-corrected chi connectivity index (χ1v) is 5.03. The Balaban J connectivity index is 3.07. The molecule has 0 aliphatic rings. The fourth-order valence-electron chi connectivity index (χ4n) is 1.49. The van der Waals surface area contributed by atoms with Gasteiger partial charge in [-0.05, 0) is 43.7 Å². The molecular formula is C11H16ClNO. The normalized spacial score (nSPS) is 12.9. The molecule has 0 aromatic heterocycles. The van der Waals surface area contributed by atoms with Gasteiger partial charge in [-0.15, -0.1) is 0 Å². The Labute approximate surface area is 89.9 Å². The minimum absolute atomic E-state index is 0.489. The van der Waals surface area contributed by atoms with Crippen LogP contribution in [0.1, 0.15) is 22.8 Å². The number of halogens is 1. The molecule has 3 heteroatoms. The third kappa shape index (κ3) is 2.47. The van der Waals surface area contributed by atoms with Crippen molar-refractivity contribution in [1.82, 2.24) is 5.32 Å². The zero-order chi connectivity index (χ0) is 10.7. The molecule has 14 heavy (non-hydrogen) atoms. The van der Waals surface area contributed by atoms with Crippen molar-refractivity contribution in [2.75, 3.05) is 13.6 Å². The fourth-order valence-corrected chi connectivity index (χ4v) is 1.77. The van der Waals surface area contributed by atoms with Crippen molar-refractivity contribution in [3.05, 3.63) is 33.8 Å². The summed E-state index contributed by atoms with van der Waals surface area (Å²) >= 11 is 6.03. The number of nitrogens with one attached hydrogen (secondary N) is 1. The van der Waals surface area contributed by atoms with Crippen molar-refractivity contribution in [2.45, 2.75) is 20.0 Å². The minimum atomic E-state index is -0.489. The molecule has 0 fully saturated rings. The van der Waals surface area contributed by atoms with Crippen LogP contribution in [0.4, 0.5) is 0 Å². The largest absolute Gasteiger partial charge is 0.387 e. The van der Waals surface area contributed by atoms with E-state index < -0.39 is 6.10 Å². The molecule has 2 N–H and O–H groups in total. The maximum absolute atomic E-state index is 9.83. The van der Waals surface area contributed by atoms with Gasteiger partial charge in [0.15, 0.2) is 0 Å². The Morgan fingerprint density at radius 2 is 2.07 bits per heavy atom. The van der Waals surface area contributed by atoms with E-state index in [4.69, 9.17) is 11.6 Å². The second-order valence-corrected chi connectivity index (χ2v) is 3.94. The number of benzene rings is 1. The molecule has 0 radical (unpaired) electrons. The lowest BCUT2D eigenvalue weighted by atomic mass is 10.0. The van der Waals surface area contributed by atoms with Gasteiger partial charge >= 0.3 is 0 Å². The van der Waals surface area contributed by atoms with Crippen LogP contribution in [-0.2, 0) is 0 Å². The van der Waals surface area contributed by atoms with Crippen LogP contribution in [0.3, 0.4) is 0 Å². The highest BCUT2D eigenvalue weighted by Gasteiger charge is 2.11. The van der Waals surface area contributed by atoms with Crippen LogP contribution in [-0.4, -0.2) is 18.7 Å². The van der Waals surface area contributed by atoms with Crippen molar-refractivity contribution in [3.8, 4) is 0 Å². The molecule has 1 unspecified atom stereocenters. The van der Waals surface area contributed by atoms with Crippen LogP contribution in [0.5, 0.6) is 0 Å². The third-order valence-electron chi connectivity index (χ3n) is 2.29. The fraction of sp³-hybridized carbons (Fsp3) is 0.455. The van der Waals surface area contributed by atoms with Gasteiger partial charge in [-0.2, -0.15) is 0 Å². The van der Waals surface area contributed by atoms with Crippen LogP contribution < -0.4 is 5.32 Å². The number of hydrogen-bond acceptors (Lipinski definition) is 2. The van der Waals surface area contributed by atoms with Crippen LogP contribution >= 0.6 is 11.6 Å². The predicted octanol–water partition coefficient (Wildman–Crippen LogP) is 2.21. The van der Waals surface area contributed by atoms with Crippen molar-refractivity contribution in [2.24, 2.45) is 0 Å². The second kappa shape index (κ2) is 4.78. The molecule has 2 nitrogen and oxygen atoms in total. The molecule has 0 amide bonds. The van der Waals surface area contributed by atoms with Crippen LogP contribution in [0.2, 0.25) is 5.02 Å². The van der Waals surface area contributed by atoms with Crippen molar-refractivity contribution >= 4 is 11.6 Å². The SMILES string of the molecule is CNCC(O)c1cc(C)cc(Cl)c1C. The van der Waals surface area contributed by atoms with E-state index >= 15 is 0 Å². The van der Waals surface area contributed by atoms with Crippen LogP contribution in [0.15, 0.2) is 12.1 Å². The molecule has 0 spiro atoms. The number of likely N-dealkylation sites (N-methyl/N-ethyl adjacent to an activating group) is 1. The van der Waals surface area contributed by atoms with Gasteiger partial charge in [0.25, 0.3) is 0 Å². The second-order valence-electron chi connectivity index (χ2n) is 3.53. The van der Waals surface area contributed by atoms with E-state index in [1.807, 2.05) is 33.0 Å². The lowest BCUT2D eigenvalue weighted by Gasteiger charge is -2.15. The molecule has 0 bridgehead atoms. The molecule has 0 saturated carbocycles. The van der Waals surface area contributed by atoms with Crippen molar-refractivity contribution < 1.29 is 5.11 Å². The number of hydrogen-bond donors (Lipinski definition) is 2. The molecule has 0 heterocycles. The third-order valence-corrected chi connectivity index (χ3v) is 2.68. The minimum Gasteiger partial charge on any atom is -0.387 e. The molecule has 0 saturated heterocycles. The highest BCUT2D eigenvalue weighted by atomic mass is 35.5. The van der Waals surface area contributed by atoms with Gasteiger partial charge in [0.05, 0.1) is 6.10 Å². The summed E-state index contributed by atoms with van der Waals surface area (Å²) in [7, 11) is 1.82. The average molecular weight is 214 g/mol. The van der Waals surface area contributed by atoms with E-state index in [2.05, 4.69) is 5.32 Å². The zero-order valence-electron chi connectivity index (χ0n) is 8.76. The molecular weight excluding hydrogens is 198 g/mol. The Bertz CT molecular complexity index is 325. The van der Waals surface area contributed by atoms with Gasteiger partial charge in [0.2, 0.25) is 0 Å². The molecule has 1 atom stereocenters. The predicted molar refractivity (Wildman–Crippen MR) is 59.8 cm³/mol. The number of aliphatic hydroxyl groups is 1. The smallest absolute Gasteiger partial charge is 0.0917 e. The van der Waals surface area contributed by atoms with E-state index in [1.165, 1.54) is 0 Å². The molecule has 1 rings (SSSR count). The monoisotopic (exact) mass is 213 g/mol. The van der Waals surface area contributed by atoms with Crippen molar-refractivity contribution in [3.63, 3.8) is 0 Å². The van der Waals surface area contributed by atoms with E-state index in [1.54, 1.807) is 0 Å². The molecule has 0 aliphatic heterocycles. The van der Waals surface area contributed by atoms with Gasteiger partial charge in [-0.1, -0.05) is 17.7 Å². The highest BCUT2D eigenvalue weighted by Crippen LogP contribution is 2.25. The summed E-state index contributed by atoms with van der Waals surface area (Å²) in [6.07, 6.45) is -0.489. The summed E-state index contributed by atoms with van der Waals surface area (Å²) in [6, 6.07) is 3.88. The maximum atomic E-state index is 9.83. The lowest BCUT2D eigenvalue weighted by Crippen LogP contribution is -2.17. The lowest BCUT2D eigenvalue weighted by molar-refractivity contribution is 0.177. The van der Waals surface area contributed by atoms with Gasteiger partial charge in [-0.25, -0.2) is 0 Å². The Hall–Kier alpha value is -0.570. The van der Waals surface area contributed by atoms with Crippen molar-refractivity contribution in [1.29, 1.82) is 0 Å².